The molecule has 1 amide bonds. The van der Waals surface area contributed by atoms with E-state index in [1.54, 1.807) is 32.9 Å². The molecular formula is C17H21BN3O5. The lowest BCUT2D eigenvalue weighted by atomic mass is 9.80. The number of hydrogen-bond acceptors (Lipinski definition) is 7. The van der Waals surface area contributed by atoms with Gasteiger partial charge in [-0.2, -0.15) is 0 Å². The standard InChI is InChI=1S/C17H21BN3O5/c1-10-13(5-4-11(8-22)15(10)18-25)26-14-7-19-12(6-20-14)16(23)21-9-17(2,3)24/h4-7,22,24-25H,8-9H2,1-3H3,(H,21,23). The van der Waals surface area contributed by atoms with Crippen LogP contribution in [0.5, 0.6) is 11.6 Å². The van der Waals surface area contributed by atoms with Crippen molar-refractivity contribution in [1.82, 2.24) is 15.3 Å². The molecule has 0 fully saturated rings. The molecule has 0 aliphatic carbocycles. The first-order chi connectivity index (χ1) is 12.2. The van der Waals surface area contributed by atoms with Crippen LogP contribution in [-0.4, -0.2) is 50.7 Å². The fourth-order valence-electron chi connectivity index (χ4n) is 2.18. The van der Waals surface area contributed by atoms with Gasteiger partial charge in [0.1, 0.15) is 11.4 Å². The van der Waals surface area contributed by atoms with E-state index >= 15 is 0 Å². The largest absolute Gasteiger partial charge is 0.450 e. The molecule has 0 bridgehead atoms. The number of carbonyl (C=O) groups is 1. The van der Waals surface area contributed by atoms with Crippen LogP contribution in [0, 0.1) is 6.92 Å². The molecule has 1 aromatic heterocycles. The summed E-state index contributed by atoms with van der Waals surface area (Å²) in [7, 11) is 0.912. The zero-order valence-corrected chi connectivity index (χ0v) is 14.9. The topological polar surface area (TPSA) is 125 Å². The molecule has 0 saturated carbocycles. The average molecular weight is 358 g/mol. The lowest BCUT2D eigenvalue weighted by molar-refractivity contribution is 0.0691. The van der Waals surface area contributed by atoms with E-state index in [4.69, 9.17) is 4.74 Å². The number of benzene rings is 1. The number of nitrogens with zero attached hydrogens (tertiary/aromatic N) is 2. The van der Waals surface area contributed by atoms with Crippen LogP contribution in [0.2, 0.25) is 0 Å². The summed E-state index contributed by atoms with van der Waals surface area (Å²) in [6.07, 6.45) is 2.58. The van der Waals surface area contributed by atoms with Crippen LogP contribution in [0.3, 0.4) is 0 Å². The van der Waals surface area contributed by atoms with Crippen molar-refractivity contribution in [3.63, 3.8) is 0 Å². The molecule has 0 aliphatic rings. The van der Waals surface area contributed by atoms with Crippen LogP contribution in [0.15, 0.2) is 24.5 Å². The van der Waals surface area contributed by atoms with Crippen molar-refractivity contribution in [2.75, 3.05) is 6.54 Å². The fraction of sp³-hybridized carbons (Fsp3) is 0.353. The van der Waals surface area contributed by atoms with Gasteiger partial charge in [0.05, 0.1) is 24.6 Å². The van der Waals surface area contributed by atoms with Gasteiger partial charge in [-0.15, -0.1) is 0 Å². The number of carbonyl (C=O) groups excluding carboxylic acids is 1. The SMILES string of the molecule is Cc1c(Oc2cnc(C(=O)NCC(C)(C)O)cn2)ccc(CO)c1[B]O. The van der Waals surface area contributed by atoms with E-state index in [2.05, 4.69) is 15.3 Å². The third-order valence-electron chi connectivity index (χ3n) is 3.61. The number of hydrogen-bond donors (Lipinski definition) is 4. The van der Waals surface area contributed by atoms with E-state index in [0.717, 1.165) is 7.48 Å². The highest BCUT2D eigenvalue weighted by molar-refractivity contribution is 6.47. The minimum absolute atomic E-state index is 0.0859. The lowest BCUT2D eigenvalue weighted by Gasteiger charge is -2.17. The van der Waals surface area contributed by atoms with E-state index < -0.39 is 11.5 Å². The third kappa shape index (κ3) is 5.01. The van der Waals surface area contributed by atoms with Crippen molar-refractivity contribution < 1.29 is 24.8 Å². The van der Waals surface area contributed by atoms with Gasteiger partial charge in [-0.05, 0) is 43.4 Å². The van der Waals surface area contributed by atoms with Gasteiger partial charge in [-0.3, -0.25) is 4.79 Å². The molecule has 0 saturated heterocycles. The van der Waals surface area contributed by atoms with Gasteiger partial charge in [-0.25, -0.2) is 9.97 Å². The Kier molecular flexibility index (Phi) is 6.30. The number of aliphatic hydroxyl groups is 2. The van der Waals surface area contributed by atoms with Gasteiger partial charge >= 0.3 is 7.48 Å². The molecule has 9 heteroatoms. The molecular weight excluding hydrogens is 337 g/mol. The van der Waals surface area contributed by atoms with Crippen molar-refractivity contribution in [2.45, 2.75) is 33.0 Å². The summed E-state index contributed by atoms with van der Waals surface area (Å²) in [5.74, 6) is 0.163. The monoisotopic (exact) mass is 358 g/mol. The maximum absolute atomic E-state index is 11.9. The molecule has 4 N–H and O–H groups in total. The number of amides is 1. The summed E-state index contributed by atoms with van der Waals surface area (Å²) < 4.78 is 5.64. The van der Waals surface area contributed by atoms with Crippen molar-refractivity contribution >= 4 is 18.9 Å². The van der Waals surface area contributed by atoms with Crippen molar-refractivity contribution in [3.05, 3.63) is 41.3 Å². The van der Waals surface area contributed by atoms with Gasteiger partial charge in [0.25, 0.3) is 5.91 Å². The van der Waals surface area contributed by atoms with Crippen molar-refractivity contribution in [2.24, 2.45) is 0 Å². The summed E-state index contributed by atoms with van der Waals surface area (Å²) in [4.78, 5) is 20.0. The minimum atomic E-state index is -1.02. The Labute approximate surface area is 152 Å². The first kappa shape index (κ1) is 19.8. The van der Waals surface area contributed by atoms with Gasteiger partial charge in [0.2, 0.25) is 5.88 Å². The molecule has 1 heterocycles. The van der Waals surface area contributed by atoms with Crippen LogP contribution in [0.1, 0.15) is 35.5 Å². The van der Waals surface area contributed by atoms with Gasteiger partial charge in [-0.1, -0.05) is 6.07 Å². The second-order valence-electron chi connectivity index (χ2n) is 6.39. The summed E-state index contributed by atoms with van der Waals surface area (Å²) in [6.45, 7) is 4.78. The van der Waals surface area contributed by atoms with Crippen LogP contribution in [-0.2, 0) is 6.61 Å². The molecule has 8 nitrogen and oxygen atoms in total. The van der Waals surface area contributed by atoms with Crippen molar-refractivity contribution in [3.8, 4) is 11.6 Å². The Morgan fingerprint density at radius 2 is 2.04 bits per heavy atom. The first-order valence-electron chi connectivity index (χ1n) is 7.96. The highest BCUT2D eigenvalue weighted by Gasteiger charge is 2.16. The number of ether oxygens (including phenoxy) is 1. The van der Waals surface area contributed by atoms with Crippen LogP contribution in [0.4, 0.5) is 0 Å². The molecule has 137 valence electrons. The number of aromatic nitrogens is 2. The fourth-order valence-corrected chi connectivity index (χ4v) is 2.18. The van der Waals surface area contributed by atoms with Gasteiger partial charge in [0, 0.05) is 6.54 Å². The summed E-state index contributed by atoms with van der Waals surface area (Å²) in [5.41, 5.74) is 0.750. The molecule has 0 atom stereocenters. The van der Waals surface area contributed by atoms with E-state index in [1.165, 1.54) is 12.4 Å². The highest BCUT2D eigenvalue weighted by atomic mass is 16.5. The Balaban J connectivity index is 2.11. The van der Waals surface area contributed by atoms with E-state index in [0.29, 0.717) is 22.3 Å². The number of nitrogens with one attached hydrogen (secondary N) is 1. The quantitative estimate of drug-likeness (QED) is 0.506. The smallest absolute Gasteiger partial charge is 0.327 e. The minimum Gasteiger partial charge on any atom is -0.450 e. The third-order valence-corrected chi connectivity index (χ3v) is 3.61. The molecule has 2 rings (SSSR count). The number of aliphatic hydroxyl groups excluding tert-OH is 1. The van der Waals surface area contributed by atoms with E-state index in [-0.39, 0.29) is 24.7 Å². The normalized spacial score (nSPS) is 11.2. The summed E-state index contributed by atoms with van der Waals surface area (Å²) >= 11 is 0. The highest BCUT2D eigenvalue weighted by Crippen LogP contribution is 2.22. The zero-order chi connectivity index (χ0) is 19.3. The first-order valence-corrected chi connectivity index (χ1v) is 7.96. The van der Waals surface area contributed by atoms with Gasteiger partial charge < -0.3 is 25.3 Å². The zero-order valence-electron chi connectivity index (χ0n) is 14.9. The molecule has 1 aromatic carbocycles. The maximum Gasteiger partial charge on any atom is 0.327 e. The Morgan fingerprint density at radius 1 is 1.31 bits per heavy atom. The Morgan fingerprint density at radius 3 is 2.58 bits per heavy atom. The second kappa shape index (κ2) is 8.26. The molecule has 26 heavy (non-hydrogen) atoms. The molecule has 1 radical (unpaired) electrons. The van der Waals surface area contributed by atoms with E-state index in [1.807, 2.05) is 0 Å². The van der Waals surface area contributed by atoms with Crippen LogP contribution < -0.4 is 15.5 Å². The molecule has 2 aromatic rings. The summed E-state index contributed by atoms with van der Waals surface area (Å²) in [6, 6.07) is 3.29. The second-order valence-corrected chi connectivity index (χ2v) is 6.39. The summed E-state index contributed by atoms with van der Waals surface area (Å²) in [5, 5.41) is 30.8. The Hall–Kier alpha value is -2.49. The molecule has 0 unspecified atom stereocenters. The molecule has 0 spiro atoms. The van der Waals surface area contributed by atoms with Crippen LogP contribution >= 0.6 is 0 Å². The lowest BCUT2D eigenvalue weighted by Crippen LogP contribution is -2.38. The van der Waals surface area contributed by atoms with Crippen molar-refractivity contribution in [1.29, 1.82) is 0 Å². The predicted molar refractivity (Wildman–Crippen MR) is 95.4 cm³/mol. The predicted octanol–water partition coefficient (Wildman–Crippen LogP) is -0.193. The maximum atomic E-state index is 11.9. The molecule has 0 aliphatic heterocycles. The number of rotatable bonds is 7. The van der Waals surface area contributed by atoms with Crippen LogP contribution in [0.25, 0.3) is 0 Å². The van der Waals surface area contributed by atoms with Gasteiger partial charge in [0.15, 0.2) is 0 Å². The average Bonchev–Trinajstić information content (AvgIpc) is 2.61. The Bertz CT molecular complexity index is 775. The van der Waals surface area contributed by atoms with E-state index in [9.17, 15) is 20.0 Å².